The standard InChI is InChI=1S/C18H24N4OS/c1-21-13-19-10-16(21)11-22-5-3-18(4-6-22)8-15(9-18)20-17(23)14-2-7-24-12-14/h2,7,10,12-13,15H,3-6,8-9,11H2,1H3,(H,20,23). The van der Waals surface area contributed by atoms with E-state index in [0.29, 0.717) is 11.5 Å². The van der Waals surface area contributed by atoms with Gasteiger partial charge in [0, 0.05) is 36.8 Å². The van der Waals surface area contributed by atoms with E-state index in [2.05, 4.69) is 26.8 Å². The molecule has 1 saturated carbocycles. The molecule has 1 spiro atoms. The predicted octanol–water partition coefficient (Wildman–Crippen LogP) is 2.66. The number of nitrogens with one attached hydrogen (secondary N) is 1. The van der Waals surface area contributed by atoms with Gasteiger partial charge in [0.25, 0.3) is 5.91 Å². The lowest BCUT2D eigenvalue weighted by Crippen LogP contribution is -2.54. The van der Waals surface area contributed by atoms with Gasteiger partial charge in [-0.15, -0.1) is 0 Å². The molecular weight excluding hydrogens is 320 g/mol. The largest absolute Gasteiger partial charge is 0.349 e. The number of hydrogen-bond acceptors (Lipinski definition) is 4. The first-order valence-corrected chi connectivity index (χ1v) is 9.58. The van der Waals surface area contributed by atoms with E-state index in [1.54, 1.807) is 11.3 Å². The first kappa shape index (κ1) is 15.8. The Kier molecular flexibility index (Phi) is 4.18. The van der Waals surface area contributed by atoms with Gasteiger partial charge >= 0.3 is 0 Å². The molecule has 24 heavy (non-hydrogen) atoms. The molecule has 1 amide bonds. The second-order valence-corrected chi connectivity index (χ2v) is 8.14. The molecule has 0 aromatic carbocycles. The van der Waals surface area contributed by atoms with E-state index in [4.69, 9.17) is 0 Å². The summed E-state index contributed by atoms with van der Waals surface area (Å²) < 4.78 is 2.10. The Morgan fingerprint density at radius 3 is 2.83 bits per heavy atom. The van der Waals surface area contributed by atoms with Gasteiger partial charge in [0.15, 0.2) is 0 Å². The number of thiophene rings is 1. The van der Waals surface area contributed by atoms with E-state index in [9.17, 15) is 4.79 Å². The van der Waals surface area contributed by atoms with E-state index >= 15 is 0 Å². The zero-order chi connectivity index (χ0) is 16.6. The van der Waals surface area contributed by atoms with Crippen molar-refractivity contribution in [3.63, 3.8) is 0 Å². The minimum atomic E-state index is 0.0877. The van der Waals surface area contributed by atoms with Gasteiger partial charge in [0.05, 0.1) is 12.0 Å². The normalized spacial score (nSPS) is 20.9. The summed E-state index contributed by atoms with van der Waals surface area (Å²) in [5.74, 6) is 0.0877. The molecule has 1 N–H and O–H groups in total. The Labute approximate surface area is 146 Å². The summed E-state index contributed by atoms with van der Waals surface area (Å²) in [6, 6.07) is 2.26. The highest BCUT2D eigenvalue weighted by Crippen LogP contribution is 2.49. The quantitative estimate of drug-likeness (QED) is 0.928. The number of carbonyl (C=O) groups excluding carboxylic acids is 1. The van der Waals surface area contributed by atoms with Crippen molar-refractivity contribution in [2.45, 2.75) is 38.3 Å². The number of rotatable bonds is 4. The zero-order valence-corrected chi connectivity index (χ0v) is 14.9. The number of carbonyl (C=O) groups is 1. The van der Waals surface area contributed by atoms with Gasteiger partial charge in [0.2, 0.25) is 0 Å². The van der Waals surface area contributed by atoms with Gasteiger partial charge in [-0.25, -0.2) is 4.98 Å². The minimum absolute atomic E-state index is 0.0877. The van der Waals surface area contributed by atoms with Gasteiger partial charge in [-0.1, -0.05) is 0 Å². The molecule has 128 valence electrons. The van der Waals surface area contributed by atoms with E-state index in [1.807, 2.05) is 29.4 Å². The number of hydrogen-bond donors (Lipinski definition) is 1. The summed E-state index contributed by atoms with van der Waals surface area (Å²) >= 11 is 1.57. The molecule has 2 fully saturated rings. The molecule has 5 nitrogen and oxygen atoms in total. The molecule has 0 radical (unpaired) electrons. The molecule has 1 aliphatic heterocycles. The molecule has 0 bridgehead atoms. The van der Waals surface area contributed by atoms with Crippen LogP contribution in [0.3, 0.4) is 0 Å². The second-order valence-electron chi connectivity index (χ2n) is 7.36. The van der Waals surface area contributed by atoms with Crippen molar-refractivity contribution in [2.75, 3.05) is 13.1 Å². The molecule has 2 aromatic rings. The third-order valence-corrected chi connectivity index (χ3v) is 6.38. The van der Waals surface area contributed by atoms with Crippen LogP contribution in [-0.4, -0.2) is 39.5 Å². The number of amides is 1. The molecule has 2 aliphatic rings. The van der Waals surface area contributed by atoms with Crippen LogP contribution in [0.25, 0.3) is 0 Å². The highest BCUT2D eigenvalue weighted by molar-refractivity contribution is 7.08. The topological polar surface area (TPSA) is 50.2 Å². The fourth-order valence-electron chi connectivity index (χ4n) is 4.11. The Balaban J connectivity index is 1.24. The molecule has 6 heteroatoms. The van der Waals surface area contributed by atoms with Gasteiger partial charge in [-0.2, -0.15) is 11.3 Å². The van der Waals surface area contributed by atoms with E-state index in [1.165, 1.54) is 18.5 Å². The highest BCUT2D eigenvalue weighted by Gasteiger charge is 2.46. The van der Waals surface area contributed by atoms with Crippen LogP contribution in [0.15, 0.2) is 29.4 Å². The third kappa shape index (κ3) is 3.13. The van der Waals surface area contributed by atoms with Crippen LogP contribution in [0.5, 0.6) is 0 Å². The molecule has 0 atom stereocenters. The van der Waals surface area contributed by atoms with Crippen LogP contribution in [0.4, 0.5) is 0 Å². The smallest absolute Gasteiger partial charge is 0.252 e. The van der Waals surface area contributed by atoms with Gasteiger partial charge in [-0.05, 0) is 55.6 Å². The Bertz CT molecular complexity index is 692. The van der Waals surface area contributed by atoms with Gasteiger partial charge < -0.3 is 9.88 Å². The van der Waals surface area contributed by atoms with E-state index < -0.39 is 0 Å². The maximum atomic E-state index is 12.1. The highest BCUT2D eigenvalue weighted by atomic mass is 32.1. The number of piperidine rings is 1. The molecule has 1 aliphatic carbocycles. The number of aromatic nitrogens is 2. The number of nitrogens with zero attached hydrogens (tertiary/aromatic N) is 3. The van der Waals surface area contributed by atoms with Crippen LogP contribution in [0, 0.1) is 5.41 Å². The summed E-state index contributed by atoms with van der Waals surface area (Å²) in [7, 11) is 2.06. The lowest BCUT2D eigenvalue weighted by atomic mass is 9.60. The first-order valence-electron chi connectivity index (χ1n) is 8.64. The van der Waals surface area contributed by atoms with Crippen molar-refractivity contribution in [2.24, 2.45) is 12.5 Å². The Hall–Kier alpha value is -1.66. The summed E-state index contributed by atoms with van der Waals surface area (Å²) in [5.41, 5.74) is 2.54. The van der Waals surface area contributed by atoms with Crippen LogP contribution < -0.4 is 5.32 Å². The zero-order valence-electron chi connectivity index (χ0n) is 14.1. The van der Waals surface area contributed by atoms with E-state index in [-0.39, 0.29) is 5.91 Å². The number of likely N-dealkylation sites (tertiary alicyclic amines) is 1. The summed E-state index contributed by atoms with van der Waals surface area (Å²) in [5, 5.41) is 7.06. The molecule has 2 aromatic heterocycles. The Morgan fingerprint density at radius 1 is 1.42 bits per heavy atom. The van der Waals surface area contributed by atoms with E-state index in [0.717, 1.165) is 38.0 Å². The average Bonchev–Trinajstić information content (AvgIpc) is 3.20. The van der Waals surface area contributed by atoms with Crippen LogP contribution in [-0.2, 0) is 13.6 Å². The van der Waals surface area contributed by atoms with Crippen LogP contribution >= 0.6 is 11.3 Å². The average molecular weight is 344 g/mol. The number of imidazole rings is 1. The van der Waals surface area contributed by atoms with Crippen molar-refractivity contribution >= 4 is 17.2 Å². The van der Waals surface area contributed by atoms with Crippen molar-refractivity contribution in [3.05, 3.63) is 40.6 Å². The van der Waals surface area contributed by atoms with Gasteiger partial charge in [0.1, 0.15) is 0 Å². The molecule has 0 unspecified atom stereocenters. The molecule has 1 saturated heterocycles. The van der Waals surface area contributed by atoms with Crippen LogP contribution in [0.1, 0.15) is 41.7 Å². The van der Waals surface area contributed by atoms with Crippen molar-refractivity contribution in [1.82, 2.24) is 19.8 Å². The molecule has 4 rings (SSSR count). The molecule has 3 heterocycles. The van der Waals surface area contributed by atoms with Crippen molar-refractivity contribution < 1.29 is 4.79 Å². The lowest BCUT2D eigenvalue weighted by molar-refractivity contribution is 0.00418. The van der Waals surface area contributed by atoms with Gasteiger partial charge in [-0.3, -0.25) is 9.69 Å². The maximum absolute atomic E-state index is 12.1. The van der Waals surface area contributed by atoms with Crippen molar-refractivity contribution in [1.29, 1.82) is 0 Å². The fourth-order valence-corrected chi connectivity index (χ4v) is 4.75. The SMILES string of the molecule is Cn1cncc1CN1CCC2(CC1)CC(NC(=O)c1ccsc1)C2. The predicted molar refractivity (Wildman–Crippen MR) is 95.0 cm³/mol. The van der Waals surface area contributed by atoms with Crippen molar-refractivity contribution in [3.8, 4) is 0 Å². The minimum Gasteiger partial charge on any atom is -0.349 e. The maximum Gasteiger partial charge on any atom is 0.252 e. The fraction of sp³-hybridized carbons (Fsp3) is 0.556. The first-order chi connectivity index (χ1) is 11.6. The summed E-state index contributed by atoms with van der Waals surface area (Å²) in [6.07, 6.45) is 8.60. The summed E-state index contributed by atoms with van der Waals surface area (Å²) in [4.78, 5) is 18.8. The summed E-state index contributed by atoms with van der Waals surface area (Å²) in [6.45, 7) is 3.29. The Morgan fingerprint density at radius 2 is 2.21 bits per heavy atom. The molecular formula is C18H24N4OS. The van der Waals surface area contributed by atoms with Crippen LogP contribution in [0.2, 0.25) is 0 Å². The lowest BCUT2D eigenvalue weighted by Gasteiger charge is -2.52. The second kappa shape index (κ2) is 6.33. The monoisotopic (exact) mass is 344 g/mol. The third-order valence-electron chi connectivity index (χ3n) is 5.70. The number of aryl methyl sites for hydroxylation is 1.